The summed E-state index contributed by atoms with van der Waals surface area (Å²) >= 11 is 1.14. The number of carbonyl (C=O) groups is 2. The van der Waals surface area contributed by atoms with E-state index in [4.69, 9.17) is 5.11 Å². The Bertz CT molecular complexity index is 692. The summed E-state index contributed by atoms with van der Waals surface area (Å²) in [5.41, 5.74) is 1.36. The monoisotopic (exact) mass is 344 g/mol. The number of nitrogens with zero attached hydrogens (tertiary/aromatic N) is 1. The van der Waals surface area contributed by atoms with Gasteiger partial charge in [-0.25, -0.2) is 9.78 Å². The molecule has 0 aliphatic heterocycles. The molecule has 1 heterocycles. The van der Waals surface area contributed by atoms with Crippen LogP contribution in [-0.4, -0.2) is 33.8 Å². The molecule has 2 aromatic rings. The van der Waals surface area contributed by atoms with E-state index in [0.29, 0.717) is 5.03 Å². The highest BCUT2D eigenvalue weighted by atomic mass is 32.2. The number of thioether (sulfide) groups is 1. The molecule has 0 fully saturated rings. The minimum absolute atomic E-state index is 0.0565. The fourth-order valence-electron chi connectivity index (χ4n) is 2.22. The average Bonchev–Trinajstić information content (AvgIpc) is 2.59. The molecule has 1 aromatic carbocycles. The van der Waals surface area contributed by atoms with E-state index in [1.54, 1.807) is 6.07 Å². The summed E-state index contributed by atoms with van der Waals surface area (Å²) in [6.07, 6.45) is 3.28. The first-order valence-corrected chi connectivity index (χ1v) is 8.69. The van der Waals surface area contributed by atoms with E-state index in [0.717, 1.165) is 24.6 Å². The molecule has 0 radical (unpaired) electrons. The quantitative estimate of drug-likeness (QED) is 0.720. The number of hydrogen-bond donors (Lipinski definition) is 2. The summed E-state index contributed by atoms with van der Waals surface area (Å²) < 4.78 is 0. The molecule has 1 amide bonds. The number of aromatic carboxylic acids is 1. The predicted molar refractivity (Wildman–Crippen MR) is 94.3 cm³/mol. The number of rotatable bonds is 8. The summed E-state index contributed by atoms with van der Waals surface area (Å²) in [4.78, 5) is 27.2. The Morgan fingerprint density at radius 2 is 1.96 bits per heavy atom. The number of carboxylic acids is 1. The number of carboxylic acid groups (broad SMARTS) is 1. The molecule has 1 atom stereocenters. The maximum atomic E-state index is 12.0. The summed E-state index contributed by atoms with van der Waals surface area (Å²) in [6.45, 7) is 1.97. The molecular formula is C18H20N2O3S. The first-order valence-electron chi connectivity index (χ1n) is 7.70. The van der Waals surface area contributed by atoms with Gasteiger partial charge in [-0.05, 0) is 37.5 Å². The maximum absolute atomic E-state index is 12.0. The van der Waals surface area contributed by atoms with E-state index in [1.807, 2.05) is 25.1 Å². The number of amides is 1. The van der Waals surface area contributed by atoms with Crippen LogP contribution in [0.4, 0.5) is 0 Å². The highest BCUT2D eigenvalue weighted by molar-refractivity contribution is 8.00. The fourth-order valence-corrected chi connectivity index (χ4v) is 3.02. The van der Waals surface area contributed by atoms with Gasteiger partial charge in [-0.2, -0.15) is 0 Å². The summed E-state index contributed by atoms with van der Waals surface area (Å²) in [6, 6.07) is 13.2. The van der Waals surface area contributed by atoms with Crippen molar-refractivity contribution in [1.29, 1.82) is 0 Å². The van der Waals surface area contributed by atoms with Crippen molar-refractivity contribution in [3.63, 3.8) is 0 Å². The maximum Gasteiger partial charge on any atom is 0.338 e. The smallest absolute Gasteiger partial charge is 0.338 e. The largest absolute Gasteiger partial charge is 0.478 e. The van der Waals surface area contributed by atoms with Gasteiger partial charge in [0.05, 0.1) is 11.3 Å². The molecule has 6 heteroatoms. The molecule has 1 aromatic heterocycles. The van der Waals surface area contributed by atoms with Crippen molar-refractivity contribution in [2.24, 2.45) is 0 Å². The van der Waals surface area contributed by atoms with Gasteiger partial charge in [0.15, 0.2) is 0 Å². The lowest BCUT2D eigenvalue weighted by molar-refractivity contribution is -0.119. The lowest BCUT2D eigenvalue weighted by Crippen LogP contribution is -2.34. The number of aromatic nitrogens is 1. The zero-order valence-corrected chi connectivity index (χ0v) is 14.3. The van der Waals surface area contributed by atoms with Gasteiger partial charge in [0.2, 0.25) is 5.91 Å². The molecule has 2 N–H and O–H groups in total. The second-order valence-electron chi connectivity index (χ2n) is 5.44. The lowest BCUT2D eigenvalue weighted by atomic mass is 10.1. The highest BCUT2D eigenvalue weighted by Crippen LogP contribution is 2.19. The third kappa shape index (κ3) is 5.70. The van der Waals surface area contributed by atoms with Gasteiger partial charge in [-0.3, -0.25) is 4.79 Å². The second kappa shape index (κ2) is 9.08. The molecule has 0 aliphatic carbocycles. The van der Waals surface area contributed by atoms with E-state index >= 15 is 0 Å². The second-order valence-corrected chi connectivity index (χ2v) is 6.41. The van der Waals surface area contributed by atoms with Gasteiger partial charge in [0.1, 0.15) is 5.03 Å². The molecule has 0 saturated heterocycles. The van der Waals surface area contributed by atoms with Crippen molar-refractivity contribution in [2.45, 2.75) is 30.8 Å². The van der Waals surface area contributed by atoms with Gasteiger partial charge < -0.3 is 10.4 Å². The van der Waals surface area contributed by atoms with Crippen molar-refractivity contribution in [1.82, 2.24) is 10.3 Å². The number of carbonyl (C=O) groups excluding carboxylic acids is 1. The fraction of sp³-hybridized carbons (Fsp3) is 0.278. The van der Waals surface area contributed by atoms with Crippen LogP contribution in [0.25, 0.3) is 0 Å². The Balaban J connectivity index is 1.78. The van der Waals surface area contributed by atoms with Crippen LogP contribution < -0.4 is 5.32 Å². The van der Waals surface area contributed by atoms with E-state index in [2.05, 4.69) is 22.4 Å². The summed E-state index contributed by atoms with van der Waals surface area (Å²) in [5.74, 6) is -1.02. The van der Waals surface area contributed by atoms with E-state index < -0.39 is 5.97 Å². The SMILES string of the molecule is CC(CCc1ccccc1)NC(=O)CSc1ncccc1C(=O)O. The van der Waals surface area contributed by atoms with Crippen LogP contribution in [0.3, 0.4) is 0 Å². The van der Waals surface area contributed by atoms with Crippen LogP contribution in [-0.2, 0) is 11.2 Å². The number of aryl methyl sites for hydroxylation is 1. The van der Waals surface area contributed by atoms with Crippen LogP contribution in [0.5, 0.6) is 0 Å². The van der Waals surface area contributed by atoms with E-state index in [1.165, 1.54) is 17.8 Å². The van der Waals surface area contributed by atoms with Crippen LogP contribution in [0.1, 0.15) is 29.3 Å². The van der Waals surface area contributed by atoms with E-state index in [9.17, 15) is 9.59 Å². The van der Waals surface area contributed by atoms with Crippen molar-refractivity contribution in [3.05, 3.63) is 59.8 Å². The van der Waals surface area contributed by atoms with Crippen LogP contribution >= 0.6 is 11.8 Å². The first-order chi connectivity index (χ1) is 11.6. The number of nitrogens with one attached hydrogen (secondary N) is 1. The van der Waals surface area contributed by atoms with Gasteiger partial charge in [0.25, 0.3) is 0 Å². The van der Waals surface area contributed by atoms with Gasteiger partial charge in [-0.15, -0.1) is 0 Å². The van der Waals surface area contributed by atoms with E-state index in [-0.39, 0.29) is 23.3 Å². The molecular weight excluding hydrogens is 324 g/mol. The molecule has 5 nitrogen and oxygen atoms in total. The molecule has 1 unspecified atom stereocenters. The van der Waals surface area contributed by atoms with Crippen molar-refractivity contribution >= 4 is 23.6 Å². The number of pyridine rings is 1. The zero-order chi connectivity index (χ0) is 17.4. The third-order valence-corrected chi connectivity index (χ3v) is 4.46. The van der Waals surface area contributed by atoms with Crippen molar-refractivity contribution in [3.8, 4) is 0 Å². The molecule has 0 aliphatic rings. The average molecular weight is 344 g/mol. The Hall–Kier alpha value is -2.34. The molecule has 0 saturated carbocycles. The topological polar surface area (TPSA) is 79.3 Å². The summed E-state index contributed by atoms with van der Waals surface area (Å²) in [5, 5.41) is 12.4. The number of hydrogen-bond acceptors (Lipinski definition) is 4. The van der Waals surface area contributed by atoms with Gasteiger partial charge >= 0.3 is 5.97 Å². The highest BCUT2D eigenvalue weighted by Gasteiger charge is 2.14. The molecule has 0 spiro atoms. The number of benzene rings is 1. The minimum atomic E-state index is -1.04. The Labute approximate surface area is 145 Å². The van der Waals surface area contributed by atoms with Crippen LogP contribution in [0, 0.1) is 0 Å². The molecule has 2 rings (SSSR count). The zero-order valence-electron chi connectivity index (χ0n) is 13.4. The van der Waals surface area contributed by atoms with Crippen molar-refractivity contribution < 1.29 is 14.7 Å². The molecule has 126 valence electrons. The van der Waals surface area contributed by atoms with Gasteiger partial charge in [-0.1, -0.05) is 42.1 Å². The molecule has 24 heavy (non-hydrogen) atoms. The Morgan fingerprint density at radius 1 is 1.21 bits per heavy atom. The van der Waals surface area contributed by atoms with Crippen LogP contribution in [0.2, 0.25) is 0 Å². The molecule has 0 bridgehead atoms. The normalized spacial score (nSPS) is 11.7. The van der Waals surface area contributed by atoms with Crippen molar-refractivity contribution in [2.75, 3.05) is 5.75 Å². The first kappa shape index (κ1) is 18.0. The lowest BCUT2D eigenvalue weighted by Gasteiger charge is -2.14. The predicted octanol–water partition coefficient (Wildman–Crippen LogP) is 3.01. The Morgan fingerprint density at radius 3 is 2.67 bits per heavy atom. The Kier molecular flexibility index (Phi) is 6.81. The van der Waals surface area contributed by atoms with Gasteiger partial charge in [0, 0.05) is 12.2 Å². The summed E-state index contributed by atoms with van der Waals surface area (Å²) in [7, 11) is 0. The standard InChI is InChI=1S/C18H20N2O3S/c1-13(9-10-14-6-3-2-4-7-14)20-16(21)12-24-17-15(18(22)23)8-5-11-19-17/h2-8,11,13H,9-10,12H2,1H3,(H,20,21)(H,22,23). The van der Waals surface area contributed by atoms with Crippen LogP contribution in [0.15, 0.2) is 53.7 Å². The minimum Gasteiger partial charge on any atom is -0.478 e. The third-order valence-electron chi connectivity index (χ3n) is 3.46.